The quantitative estimate of drug-likeness (QED) is 0.366. The van der Waals surface area contributed by atoms with Crippen molar-refractivity contribution in [1.29, 1.82) is 0 Å². The minimum atomic E-state index is -0.765. The molecule has 4 rings (SSSR count). The van der Waals surface area contributed by atoms with Crippen molar-refractivity contribution in [2.24, 2.45) is 15.1 Å². The van der Waals surface area contributed by atoms with Gasteiger partial charge in [0.15, 0.2) is 5.82 Å². The van der Waals surface area contributed by atoms with Crippen LogP contribution in [0.25, 0.3) is 0 Å². The lowest BCUT2D eigenvalue weighted by Gasteiger charge is -2.11. The van der Waals surface area contributed by atoms with Crippen molar-refractivity contribution in [3.05, 3.63) is 81.8 Å². The van der Waals surface area contributed by atoms with Crippen LogP contribution in [0.4, 0.5) is 19.0 Å². The SMILES string of the molecule is CC(C)(C)c1cc(N=C(N=C2CC(c3cc(F)cc(F)c3)=NN2)NC(=O)c2ccc(Cl)c(F)c2)no1. The maximum absolute atomic E-state index is 13.9. The molecule has 0 bridgehead atoms. The van der Waals surface area contributed by atoms with E-state index >= 15 is 0 Å². The predicted molar refractivity (Wildman–Crippen MR) is 129 cm³/mol. The van der Waals surface area contributed by atoms with E-state index in [-0.39, 0.29) is 45.6 Å². The summed E-state index contributed by atoms with van der Waals surface area (Å²) in [4.78, 5) is 21.3. The molecule has 2 heterocycles. The lowest BCUT2D eigenvalue weighted by molar-refractivity contribution is 0.0976. The number of hydrogen-bond donors (Lipinski definition) is 2. The normalized spacial score (nSPS) is 15.1. The van der Waals surface area contributed by atoms with Crippen molar-refractivity contribution in [2.75, 3.05) is 0 Å². The third kappa shape index (κ3) is 5.98. The maximum Gasteiger partial charge on any atom is 0.258 e. The van der Waals surface area contributed by atoms with Gasteiger partial charge in [0.25, 0.3) is 5.91 Å². The number of amides is 1. The van der Waals surface area contributed by atoms with E-state index in [0.717, 1.165) is 24.3 Å². The average Bonchev–Trinajstić information content (AvgIpc) is 3.44. The smallest absolute Gasteiger partial charge is 0.258 e. The summed E-state index contributed by atoms with van der Waals surface area (Å²) in [6.45, 7) is 5.78. The molecular formula is C24H20ClF3N6O2. The summed E-state index contributed by atoms with van der Waals surface area (Å²) in [5.41, 5.74) is 2.86. The summed E-state index contributed by atoms with van der Waals surface area (Å²) in [6.07, 6.45) is 0.0689. The van der Waals surface area contributed by atoms with Gasteiger partial charge in [0.1, 0.15) is 29.0 Å². The Labute approximate surface area is 209 Å². The Morgan fingerprint density at radius 1 is 1.11 bits per heavy atom. The highest BCUT2D eigenvalue weighted by Crippen LogP contribution is 2.25. The average molecular weight is 517 g/mol. The molecule has 0 fully saturated rings. The monoisotopic (exact) mass is 516 g/mol. The number of aliphatic imine (C=N–C) groups is 2. The zero-order valence-corrected chi connectivity index (χ0v) is 20.1. The van der Waals surface area contributed by atoms with E-state index in [0.29, 0.717) is 11.5 Å². The number of hydrazone groups is 1. The first-order valence-corrected chi connectivity index (χ1v) is 11.0. The van der Waals surface area contributed by atoms with Gasteiger partial charge in [0.2, 0.25) is 5.96 Å². The molecule has 36 heavy (non-hydrogen) atoms. The first-order valence-electron chi connectivity index (χ1n) is 10.7. The highest BCUT2D eigenvalue weighted by molar-refractivity contribution is 6.30. The van der Waals surface area contributed by atoms with Gasteiger partial charge in [-0.2, -0.15) is 15.1 Å². The molecule has 0 spiro atoms. The minimum Gasteiger partial charge on any atom is -0.359 e. The number of nitrogens with one attached hydrogen (secondary N) is 2. The summed E-state index contributed by atoms with van der Waals surface area (Å²) in [7, 11) is 0. The number of rotatable bonds is 3. The molecule has 0 saturated carbocycles. The molecule has 0 unspecified atom stereocenters. The Kier molecular flexibility index (Phi) is 6.93. The number of benzene rings is 2. The second-order valence-electron chi connectivity index (χ2n) is 8.88. The van der Waals surface area contributed by atoms with Crippen LogP contribution >= 0.6 is 11.6 Å². The molecule has 1 amide bonds. The fraction of sp³-hybridized carbons (Fsp3) is 0.208. The molecule has 186 valence electrons. The minimum absolute atomic E-state index is 0.0214. The molecule has 2 N–H and O–H groups in total. The van der Waals surface area contributed by atoms with Gasteiger partial charge in [-0.25, -0.2) is 13.2 Å². The molecule has 0 saturated heterocycles. The first kappa shape index (κ1) is 25.1. The predicted octanol–water partition coefficient (Wildman–Crippen LogP) is 5.26. The van der Waals surface area contributed by atoms with Crippen molar-refractivity contribution in [3.63, 3.8) is 0 Å². The summed E-state index contributed by atoms with van der Waals surface area (Å²) < 4.78 is 46.4. The number of carbonyl (C=O) groups is 1. The topological polar surface area (TPSA) is 104 Å². The summed E-state index contributed by atoms with van der Waals surface area (Å²) >= 11 is 5.70. The summed E-state index contributed by atoms with van der Waals surface area (Å²) in [6, 6.07) is 8.19. The fourth-order valence-electron chi connectivity index (χ4n) is 3.12. The van der Waals surface area contributed by atoms with E-state index in [1.807, 2.05) is 20.8 Å². The molecule has 1 aliphatic heterocycles. The van der Waals surface area contributed by atoms with Gasteiger partial charge in [-0.1, -0.05) is 37.5 Å². The van der Waals surface area contributed by atoms with Crippen LogP contribution in [-0.4, -0.2) is 28.6 Å². The number of hydrogen-bond acceptors (Lipinski definition) is 5. The Balaban J connectivity index is 1.62. The highest BCUT2D eigenvalue weighted by atomic mass is 35.5. The summed E-state index contributed by atoms with van der Waals surface area (Å²) in [5, 5.41) is 10.3. The maximum atomic E-state index is 13.9. The standard InChI is InChI=1S/C24H20ClF3N6O2/c1-24(2,3)19-11-21(34-36-19)30-23(31-22(35)12-4-5-16(25)17(28)8-12)29-20-10-18(32-33-20)13-6-14(26)9-15(27)7-13/h4-9,11H,10H2,1-3H3,(H2,29,30,31,33,34,35). The van der Waals surface area contributed by atoms with Crippen LogP contribution in [0.15, 0.2) is 62.1 Å². The zero-order chi connectivity index (χ0) is 26.0. The highest BCUT2D eigenvalue weighted by Gasteiger charge is 2.21. The molecule has 0 atom stereocenters. The fourth-order valence-corrected chi connectivity index (χ4v) is 3.24. The van der Waals surface area contributed by atoms with Crippen molar-refractivity contribution in [3.8, 4) is 0 Å². The molecular weight excluding hydrogens is 497 g/mol. The Morgan fingerprint density at radius 2 is 1.83 bits per heavy atom. The van der Waals surface area contributed by atoms with Gasteiger partial charge >= 0.3 is 0 Å². The van der Waals surface area contributed by atoms with Crippen molar-refractivity contribution in [2.45, 2.75) is 32.6 Å². The Morgan fingerprint density at radius 3 is 2.47 bits per heavy atom. The largest absolute Gasteiger partial charge is 0.359 e. The lowest BCUT2D eigenvalue weighted by Crippen LogP contribution is -2.31. The molecule has 8 nitrogen and oxygen atoms in total. The van der Waals surface area contributed by atoms with Crippen molar-refractivity contribution in [1.82, 2.24) is 15.9 Å². The van der Waals surface area contributed by atoms with Crippen molar-refractivity contribution >= 4 is 40.8 Å². The van der Waals surface area contributed by atoms with Gasteiger partial charge in [0, 0.05) is 28.7 Å². The van der Waals surface area contributed by atoms with Crippen LogP contribution in [0.1, 0.15) is 48.9 Å². The molecule has 3 aromatic rings. The van der Waals surface area contributed by atoms with Gasteiger partial charge in [-0.15, -0.1) is 0 Å². The van der Waals surface area contributed by atoms with Crippen LogP contribution < -0.4 is 10.7 Å². The lowest BCUT2D eigenvalue weighted by atomic mass is 9.93. The number of aromatic nitrogens is 1. The van der Waals surface area contributed by atoms with Gasteiger partial charge in [-0.05, 0) is 30.3 Å². The Bertz CT molecular complexity index is 1410. The molecule has 0 aliphatic carbocycles. The van der Waals surface area contributed by atoms with Crippen LogP contribution in [0, 0.1) is 17.5 Å². The van der Waals surface area contributed by atoms with Crippen LogP contribution in [-0.2, 0) is 5.41 Å². The van der Waals surface area contributed by atoms with E-state index in [9.17, 15) is 18.0 Å². The van der Waals surface area contributed by atoms with E-state index < -0.39 is 23.4 Å². The second kappa shape index (κ2) is 9.94. The second-order valence-corrected chi connectivity index (χ2v) is 9.29. The van der Waals surface area contributed by atoms with E-state index in [2.05, 4.69) is 31.0 Å². The zero-order valence-electron chi connectivity index (χ0n) is 19.4. The van der Waals surface area contributed by atoms with Crippen LogP contribution in [0.2, 0.25) is 5.02 Å². The number of carbonyl (C=O) groups excluding carboxylic acids is 1. The third-order valence-corrected chi connectivity index (χ3v) is 5.26. The molecule has 0 radical (unpaired) electrons. The number of nitrogens with zero attached hydrogens (tertiary/aromatic N) is 4. The molecule has 1 aromatic heterocycles. The Hall–Kier alpha value is -3.99. The number of halogens is 4. The van der Waals surface area contributed by atoms with Gasteiger partial charge < -0.3 is 4.52 Å². The van der Waals surface area contributed by atoms with Gasteiger partial charge in [-0.3, -0.25) is 15.5 Å². The molecule has 2 aromatic carbocycles. The summed E-state index contributed by atoms with van der Waals surface area (Å²) in [5.74, 6) is -2.25. The third-order valence-electron chi connectivity index (χ3n) is 4.96. The van der Waals surface area contributed by atoms with Crippen LogP contribution in [0.3, 0.4) is 0 Å². The van der Waals surface area contributed by atoms with Gasteiger partial charge in [0.05, 0.1) is 17.2 Å². The van der Waals surface area contributed by atoms with E-state index in [4.69, 9.17) is 16.1 Å². The van der Waals surface area contributed by atoms with E-state index in [1.165, 1.54) is 12.1 Å². The van der Waals surface area contributed by atoms with E-state index in [1.54, 1.807) is 6.07 Å². The molecule has 12 heteroatoms. The molecule has 1 aliphatic rings. The van der Waals surface area contributed by atoms with Crippen molar-refractivity contribution < 1.29 is 22.5 Å². The van der Waals surface area contributed by atoms with Crippen LogP contribution in [0.5, 0.6) is 0 Å². The number of amidine groups is 1. The first-order chi connectivity index (χ1) is 17.0. The number of guanidine groups is 1.